The van der Waals surface area contributed by atoms with E-state index < -0.39 is 5.25 Å². The molecule has 10 heteroatoms. The second-order valence-electron chi connectivity index (χ2n) is 7.42. The molecule has 4 aromatic rings. The number of nitrogens with zero attached hydrogens (tertiary/aromatic N) is 4. The molecule has 0 saturated heterocycles. The van der Waals surface area contributed by atoms with Gasteiger partial charge >= 0.3 is 0 Å². The SMILES string of the molecule is Cc1nnc(S[C@@H](C[N+](=O)[O-])c2ccccc2OCc2ccc(Br)cc2)n1-c1ccc(Cl)cc1. The van der Waals surface area contributed by atoms with Crippen LogP contribution in [0.5, 0.6) is 5.75 Å². The number of benzene rings is 3. The van der Waals surface area contributed by atoms with Gasteiger partial charge in [-0.3, -0.25) is 14.7 Å². The van der Waals surface area contributed by atoms with Gasteiger partial charge in [0.25, 0.3) is 0 Å². The van der Waals surface area contributed by atoms with Gasteiger partial charge in [0.1, 0.15) is 23.4 Å². The summed E-state index contributed by atoms with van der Waals surface area (Å²) in [5.74, 6) is 1.27. The molecule has 3 aromatic carbocycles. The van der Waals surface area contributed by atoms with E-state index in [2.05, 4.69) is 26.1 Å². The second-order valence-corrected chi connectivity index (χ2v) is 9.94. The van der Waals surface area contributed by atoms with Crippen LogP contribution < -0.4 is 4.74 Å². The Morgan fingerprint density at radius 3 is 2.50 bits per heavy atom. The smallest absolute Gasteiger partial charge is 0.220 e. The van der Waals surface area contributed by atoms with Crippen molar-refractivity contribution in [1.29, 1.82) is 0 Å². The Balaban J connectivity index is 1.63. The summed E-state index contributed by atoms with van der Waals surface area (Å²) >= 11 is 10.7. The maximum absolute atomic E-state index is 11.6. The summed E-state index contributed by atoms with van der Waals surface area (Å²) in [5, 5.41) is 20.7. The van der Waals surface area contributed by atoms with Gasteiger partial charge in [-0.25, -0.2) is 0 Å². The van der Waals surface area contributed by atoms with Gasteiger partial charge in [-0.2, -0.15) is 0 Å². The zero-order chi connectivity index (χ0) is 24.1. The highest BCUT2D eigenvalue weighted by Crippen LogP contribution is 2.40. The number of hydrogen-bond donors (Lipinski definition) is 0. The molecule has 1 aromatic heterocycles. The van der Waals surface area contributed by atoms with E-state index in [1.807, 2.05) is 72.2 Å². The highest BCUT2D eigenvalue weighted by atomic mass is 79.9. The predicted molar refractivity (Wildman–Crippen MR) is 136 cm³/mol. The van der Waals surface area contributed by atoms with E-state index in [4.69, 9.17) is 16.3 Å². The number of aromatic nitrogens is 3. The fourth-order valence-corrected chi connectivity index (χ4v) is 4.98. The van der Waals surface area contributed by atoms with Crippen molar-refractivity contribution in [2.45, 2.75) is 23.9 Å². The minimum atomic E-state index is -0.536. The normalized spacial score (nSPS) is 11.9. The van der Waals surface area contributed by atoms with Crippen LogP contribution in [0, 0.1) is 17.0 Å². The lowest BCUT2D eigenvalue weighted by atomic mass is 10.1. The van der Waals surface area contributed by atoms with Crippen LogP contribution in [0.1, 0.15) is 22.2 Å². The predicted octanol–water partition coefficient (Wildman–Crippen LogP) is 6.68. The van der Waals surface area contributed by atoms with E-state index in [1.54, 1.807) is 12.1 Å². The van der Waals surface area contributed by atoms with Crippen LogP contribution in [0.3, 0.4) is 0 Å². The van der Waals surface area contributed by atoms with E-state index in [0.29, 0.717) is 28.4 Å². The first-order valence-corrected chi connectivity index (χ1v) is 12.4. The number of halogens is 2. The molecule has 0 radical (unpaired) electrons. The fraction of sp³-hybridized carbons (Fsp3) is 0.167. The number of ether oxygens (including phenoxy) is 1. The number of rotatable bonds is 9. The summed E-state index contributed by atoms with van der Waals surface area (Å²) in [6.07, 6.45) is 0. The van der Waals surface area contributed by atoms with Crippen molar-refractivity contribution in [3.8, 4) is 11.4 Å². The number of nitro groups is 1. The molecular formula is C24H20BrClN4O3S. The van der Waals surface area contributed by atoms with Crippen molar-refractivity contribution in [2.24, 2.45) is 0 Å². The molecule has 0 fully saturated rings. The highest BCUT2D eigenvalue weighted by molar-refractivity contribution is 9.10. The molecular weight excluding hydrogens is 540 g/mol. The molecule has 0 unspecified atom stereocenters. The molecule has 1 atom stereocenters. The summed E-state index contributed by atoms with van der Waals surface area (Å²) in [4.78, 5) is 11.3. The Morgan fingerprint density at radius 2 is 1.79 bits per heavy atom. The Hall–Kier alpha value is -2.88. The lowest BCUT2D eigenvalue weighted by molar-refractivity contribution is -0.479. The summed E-state index contributed by atoms with van der Waals surface area (Å²) in [6, 6.07) is 22.5. The van der Waals surface area contributed by atoms with Gasteiger partial charge < -0.3 is 4.74 Å². The number of para-hydroxylation sites is 1. The van der Waals surface area contributed by atoms with Gasteiger partial charge in [0.15, 0.2) is 5.16 Å². The minimum absolute atomic E-state index is 0.296. The molecule has 0 aliphatic rings. The van der Waals surface area contributed by atoms with Crippen LogP contribution in [0.15, 0.2) is 82.4 Å². The largest absolute Gasteiger partial charge is 0.489 e. The van der Waals surface area contributed by atoms with Crippen LogP contribution in [-0.2, 0) is 6.61 Å². The average Bonchev–Trinajstić information content (AvgIpc) is 3.18. The van der Waals surface area contributed by atoms with Crippen molar-refractivity contribution in [3.05, 3.63) is 109 Å². The topological polar surface area (TPSA) is 83.1 Å². The van der Waals surface area contributed by atoms with E-state index in [1.165, 1.54) is 11.8 Å². The molecule has 34 heavy (non-hydrogen) atoms. The molecule has 4 rings (SSSR count). The Kier molecular flexibility index (Phi) is 7.87. The number of aryl methyl sites for hydroxylation is 1. The molecule has 0 saturated carbocycles. The summed E-state index contributed by atoms with van der Waals surface area (Å²) < 4.78 is 8.93. The summed E-state index contributed by atoms with van der Waals surface area (Å²) in [7, 11) is 0. The van der Waals surface area contributed by atoms with E-state index in [9.17, 15) is 10.1 Å². The molecule has 0 N–H and O–H groups in total. The highest BCUT2D eigenvalue weighted by Gasteiger charge is 2.26. The quantitative estimate of drug-likeness (QED) is 0.129. The van der Waals surface area contributed by atoms with Crippen molar-refractivity contribution >= 4 is 39.3 Å². The van der Waals surface area contributed by atoms with Crippen LogP contribution >= 0.6 is 39.3 Å². The van der Waals surface area contributed by atoms with Gasteiger partial charge in [0.05, 0.1) is 0 Å². The van der Waals surface area contributed by atoms with Crippen LogP contribution in [-0.4, -0.2) is 26.2 Å². The Morgan fingerprint density at radius 1 is 1.09 bits per heavy atom. The van der Waals surface area contributed by atoms with E-state index >= 15 is 0 Å². The number of hydrogen-bond acceptors (Lipinski definition) is 6. The van der Waals surface area contributed by atoms with Gasteiger partial charge in [0, 0.05) is 25.7 Å². The first-order chi connectivity index (χ1) is 16.4. The van der Waals surface area contributed by atoms with Crippen molar-refractivity contribution in [2.75, 3.05) is 6.54 Å². The first kappa shape index (κ1) is 24.3. The van der Waals surface area contributed by atoms with Gasteiger partial charge in [-0.15, -0.1) is 10.2 Å². The monoisotopic (exact) mass is 558 g/mol. The minimum Gasteiger partial charge on any atom is -0.489 e. The molecule has 0 amide bonds. The molecule has 0 bridgehead atoms. The lowest BCUT2D eigenvalue weighted by Crippen LogP contribution is -2.12. The van der Waals surface area contributed by atoms with Crippen molar-refractivity contribution in [3.63, 3.8) is 0 Å². The van der Waals surface area contributed by atoms with Gasteiger partial charge in [-0.1, -0.05) is 69.6 Å². The zero-order valence-electron chi connectivity index (χ0n) is 18.1. The molecule has 0 aliphatic heterocycles. The zero-order valence-corrected chi connectivity index (χ0v) is 21.3. The Labute approximate surface area is 214 Å². The molecule has 0 aliphatic carbocycles. The maximum Gasteiger partial charge on any atom is 0.220 e. The third-order valence-corrected chi connectivity index (χ3v) is 6.96. The molecule has 174 valence electrons. The first-order valence-electron chi connectivity index (χ1n) is 10.3. The number of thioether (sulfide) groups is 1. The van der Waals surface area contributed by atoms with Crippen molar-refractivity contribution in [1.82, 2.24) is 14.8 Å². The van der Waals surface area contributed by atoms with Gasteiger partial charge in [0.2, 0.25) is 6.54 Å². The molecule has 7 nitrogen and oxygen atoms in total. The van der Waals surface area contributed by atoms with Crippen LogP contribution in [0.4, 0.5) is 0 Å². The summed E-state index contributed by atoms with van der Waals surface area (Å²) in [6.45, 7) is 1.89. The molecule has 0 spiro atoms. The lowest BCUT2D eigenvalue weighted by Gasteiger charge is -2.18. The maximum atomic E-state index is 11.6. The summed E-state index contributed by atoms with van der Waals surface area (Å²) in [5.41, 5.74) is 2.55. The average molecular weight is 560 g/mol. The third kappa shape index (κ3) is 5.97. The Bertz CT molecular complexity index is 1280. The second kappa shape index (κ2) is 11.0. The van der Waals surface area contributed by atoms with Gasteiger partial charge in [-0.05, 0) is 55.0 Å². The standard InChI is InChI=1S/C24H20BrClN4O3S/c1-16-27-28-24(30(16)20-12-10-19(26)11-13-20)34-23(14-29(31)32)21-4-2-3-5-22(21)33-15-17-6-8-18(25)9-7-17/h2-13,23H,14-15H2,1H3/t23-/m0/s1. The van der Waals surface area contributed by atoms with E-state index in [0.717, 1.165) is 21.3 Å². The molecule has 1 heterocycles. The van der Waals surface area contributed by atoms with Crippen molar-refractivity contribution < 1.29 is 9.66 Å². The van der Waals surface area contributed by atoms with Crippen LogP contribution in [0.2, 0.25) is 5.02 Å². The third-order valence-electron chi connectivity index (χ3n) is 5.02. The van der Waals surface area contributed by atoms with E-state index in [-0.39, 0.29) is 11.5 Å². The van der Waals surface area contributed by atoms with Crippen LogP contribution in [0.25, 0.3) is 5.69 Å². The fourth-order valence-electron chi connectivity index (χ4n) is 3.39.